The lowest BCUT2D eigenvalue weighted by atomic mass is 10.1. The summed E-state index contributed by atoms with van der Waals surface area (Å²) in [5.74, 6) is 0.279. The Hall–Kier alpha value is -2.82. The Bertz CT molecular complexity index is 796. The number of phenolic OH excluding ortho intramolecular Hbond substituents is 1. The van der Waals surface area contributed by atoms with Crippen LogP contribution in [0.3, 0.4) is 0 Å². The number of ether oxygens (including phenoxy) is 1. The molecule has 0 radical (unpaired) electrons. The van der Waals surface area contributed by atoms with Crippen LogP contribution in [0.5, 0.6) is 11.5 Å². The van der Waals surface area contributed by atoms with Gasteiger partial charge < -0.3 is 15.2 Å². The molecule has 2 N–H and O–H groups in total. The van der Waals surface area contributed by atoms with Gasteiger partial charge in [0.05, 0.1) is 17.0 Å². The third-order valence-corrected chi connectivity index (χ3v) is 4.69. The van der Waals surface area contributed by atoms with Crippen molar-refractivity contribution in [1.82, 2.24) is 10.3 Å². The van der Waals surface area contributed by atoms with Crippen molar-refractivity contribution >= 4 is 12.0 Å². The van der Waals surface area contributed by atoms with E-state index >= 15 is 0 Å². The molecule has 1 aromatic heterocycles. The second kappa shape index (κ2) is 8.52. The lowest BCUT2D eigenvalue weighted by Gasteiger charge is -2.19. The number of benzene rings is 1. The van der Waals surface area contributed by atoms with E-state index in [1.165, 1.54) is 31.7 Å². The normalized spacial score (nSPS) is 15.0. The van der Waals surface area contributed by atoms with Gasteiger partial charge in [0.2, 0.25) is 0 Å². The Labute approximate surface area is 153 Å². The summed E-state index contributed by atoms with van der Waals surface area (Å²) in [6, 6.07) is 9.12. The van der Waals surface area contributed by atoms with E-state index in [2.05, 4.69) is 10.3 Å². The molecule has 1 aromatic carbocycles. The van der Waals surface area contributed by atoms with E-state index in [1.54, 1.807) is 18.3 Å². The number of aldehydes is 1. The van der Waals surface area contributed by atoms with Gasteiger partial charge in [-0.05, 0) is 38.0 Å². The monoisotopic (exact) mass is 352 g/mol. The van der Waals surface area contributed by atoms with Crippen molar-refractivity contribution in [3.8, 4) is 11.5 Å². The smallest absolute Gasteiger partial charge is 0.157 e. The molecule has 5 heteroatoms. The predicted molar refractivity (Wildman–Crippen MR) is 101 cm³/mol. The van der Waals surface area contributed by atoms with Crippen molar-refractivity contribution < 1.29 is 14.6 Å². The van der Waals surface area contributed by atoms with Crippen molar-refractivity contribution in [3.05, 3.63) is 59.4 Å². The standard InChI is InChI=1S/C21H24N2O3/c1-2-18(23-16-8-3-4-9-16)21-15(7-6-12-22-21)14-26-20-11-5-10-19(25)17(20)13-24/h2,5-7,10-13,16,23,25H,3-4,8-9,14H2,1H3/b18-2-. The number of carbonyl (C=O) groups excluding carboxylic acids is 1. The number of rotatable bonds is 7. The zero-order valence-electron chi connectivity index (χ0n) is 14.9. The average molecular weight is 352 g/mol. The number of nitrogens with zero attached hydrogens (tertiary/aromatic N) is 1. The molecule has 0 bridgehead atoms. The maximum absolute atomic E-state index is 11.2. The topological polar surface area (TPSA) is 71.5 Å². The fourth-order valence-electron chi connectivity index (χ4n) is 3.31. The van der Waals surface area contributed by atoms with Crippen LogP contribution in [0.1, 0.15) is 54.2 Å². The van der Waals surface area contributed by atoms with Crippen LogP contribution >= 0.6 is 0 Å². The summed E-state index contributed by atoms with van der Waals surface area (Å²) >= 11 is 0. The van der Waals surface area contributed by atoms with Gasteiger partial charge in [0.25, 0.3) is 0 Å². The highest BCUT2D eigenvalue weighted by atomic mass is 16.5. The minimum atomic E-state index is -0.0825. The maximum atomic E-state index is 11.2. The molecule has 0 aliphatic heterocycles. The second-order valence-electron chi connectivity index (χ2n) is 6.43. The lowest BCUT2D eigenvalue weighted by Crippen LogP contribution is -2.25. The first-order valence-corrected chi connectivity index (χ1v) is 9.00. The number of phenols is 1. The highest BCUT2D eigenvalue weighted by Crippen LogP contribution is 2.27. The van der Waals surface area contributed by atoms with Gasteiger partial charge in [0.15, 0.2) is 6.29 Å². The number of hydrogen-bond donors (Lipinski definition) is 2. The minimum absolute atomic E-state index is 0.0825. The Balaban J connectivity index is 1.79. The summed E-state index contributed by atoms with van der Waals surface area (Å²) in [4.78, 5) is 15.7. The van der Waals surface area contributed by atoms with E-state index in [0.29, 0.717) is 18.1 Å². The Morgan fingerprint density at radius 2 is 2.12 bits per heavy atom. The van der Waals surface area contributed by atoms with Crippen LogP contribution in [0.2, 0.25) is 0 Å². The zero-order valence-corrected chi connectivity index (χ0v) is 14.9. The van der Waals surface area contributed by atoms with Gasteiger partial charge in [0, 0.05) is 17.8 Å². The largest absolute Gasteiger partial charge is 0.507 e. The highest BCUT2D eigenvalue weighted by Gasteiger charge is 2.18. The molecule has 1 aliphatic rings. The summed E-state index contributed by atoms with van der Waals surface area (Å²) < 4.78 is 5.81. The summed E-state index contributed by atoms with van der Waals surface area (Å²) in [5, 5.41) is 13.4. The Morgan fingerprint density at radius 1 is 1.31 bits per heavy atom. The molecule has 1 fully saturated rings. The molecular formula is C21H24N2O3. The first kappa shape index (κ1) is 18.0. The SMILES string of the molecule is C/C=C(\NC1CCCC1)c1ncccc1COc1cccc(O)c1C=O. The van der Waals surface area contributed by atoms with Gasteiger partial charge in [-0.2, -0.15) is 0 Å². The average Bonchev–Trinajstić information content (AvgIpc) is 3.18. The van der Waals surface area contributed by atoms with Crippen molar-refractivity contribution in [2.75, 3.05) is 0 Å². The fourth-order valence-corrected chi connectivity index (χ4v) is 3.31. The van der Waals surface area contributed by atoms with Crippen LogP contribution in [-0.4, -0.2) is 22.4 Å². The third kappa shape index (κ3) is 4.04. The fraction of sp³-hybridized carbons (Fsp3) is 0.333. The van der Waals surface area contributed by atoms with Crippen LogP contribution < -0.4 is 10.1 Å². The molecule has 5 nitrogen and oxygen atoms in total. The van der Waals surface area contributed by atoms with E-state index in [9.17, 15) is 9.90 Å². The molecule has 2 aromatic rings. The van der Waals surface area contributed by atoms with Gasteiger partial charge >= 0.3 is 0 Å². The lowest BCUT2D eigenvalue weighted by molar-refractivity contribution is 0.111. The third-order valence-electron chi connectivity index (χ3n) is 4.69. The molecule has 0 atom stereocenters. The number of aromatic nitrogens is 1. The molecule has 0 spiro atoms. The molecular weight excluding hydrogens is 328 g/mol. The number of hydrogen-bond acceptors (Lipinski definition) is 5. The highest BCUT2D eigenvalue weighted by molar-refractivity contribution is 5.83. The molecule has 0 amide bonds. The van der Waals surface area contributed by atoms with Gasteiger partial charge in [-0.15, -0.1) is 0 Å². The van der Waals surface area contributed by atoms with Gasteiger partial charge in [0.1, 0.15) is 18.1 Å². The first-order valence-electron chi connectivity index (χ1n) is 9.00. The predicted octanol–water partition coefficient (Wildman–Crippen LogP) is 4.07. The van der Waals surface area contributed by atoms with Crippen molar-refractivity contribution in [1.29, 1.82) is 0 Å². The molecule has 1 aliphatic carbocycles. The molecule has 0 saturated heterocycles. The van der Waals surface area contributed by atoms with Crippen LogP contribution in [0.25, 0.3) is 5.70 Å². The molecule has 1 saturated carbocycles. The van der Waals surface area contributed by atoms with E-state index in [0.717, 1.165) is 17.0 Å². The zero-order chi connectivity index (χ0) is 18.4. The first-order chi connectivity index (χ1) is 12.7. The number of carbonyl (C=O) groups is 1. The van der Waals surface area contributed by atoms with Gasteiger partial charge in [-0.3, -0.25) is 9.78 Å². The molecule has 0 unspecified atom stereocenters. The van der Waals surface area contributed by atoms with Crippen molar-refractivity contribution in [2.24, 2.45) is 0 Å². The van der Waals surface area contributed by atoms with Crippen LogP contribution in [0.15, 0.2) is 42.6 Å². The van der Waals surface area contributed by atoms with Gasteiger partial charge in [-0.25, -0.2) is 0 Å². The number of nitrogens with one attached hydrogen (secondary N) is 1. The number of aromatic hydroxyl groups is 1. The molecule has 3 rings (SSSR count). The van der Waals surface area contributed by atoms with E-state index < -0.39 is 0 Å². The Morgan fingerprint density at radius 3 is 2.85 bits per heavy atom. The van der Waals surface area contributed by atoms with Crippen molar-refractivity contribution in [2.45, 2.75) is 45.3 Å². The summed E-state index contributed by atoms with van der Waals surface area (Å²) in [5.41, 5.74) is 2.94. The second-order valence-corrected chi connectivity index (χ2v) is 6.43. The number of pyridine rings is 1. The van der Waals surface area contributed by atoms with E-state index in [4.69, 9.17) is 4.74 Å². The van der Waals surface area contributed by atoms with Crippen LogP contribution in [0.4, 0.5) is 0 Å². The van der Waals surface area contributed by atoms with E-state index in [1.807, 2.05) is 25.1 Å². The van der Waals surface area contributed by atoms with E-state index in [-0.39, 0.29) is 17.9 Å². The quantitative estimate of drug-likeness (QED) is 0.735. The summed E-state index contributed by atoms with van der Waals surface area (Å²) in [6.45, 7) is 2.26. The minimum Gasteiger partial charge on any atom is -0.507 e. The van der Waals surface area contributed by atoms with Crippen molar-refractivity contribution in [3.63, 3.8) is 0 Å². The van der Waals surface area contributed by atoms with Crippen LogP contribution in [0, 0.1) is 0 Å². The summed E-state index contributed by atoms with van der Waals surface area (Å²) in [6.07, 6.45) is 9.30. The molecule has 26 heavy (non-hydrogen) atoms. The molecule has 136 valence electrons. The molecule has 1 heterocycles. The number of allylic oxidation sites excluding steroid dienone is 1. The Kier molecular flexibility index (Phi) is 5.89. The van der Waals surface area contributed by atoms with Gasteiger partial charge in [-0.1, -0.05) is 31.1 Å². The maximum Gasteiger partial charge on any atom is 0.157 e. The summed E-state index contributed by atoms with van der Waals surface area (Å²) in [7, 11) is 0. The van der Waals surface area contributed by atoms with Crippen LogP contribution in [-0.2, 0) is 6.61 Å².